The minimum absolute atomic E-state index is 0.194. The number of benzene rings is 1. The molecule has 0 spiro atoms. The van der Waals surface area contributed by atoms with Crippen molar-refractivity contribution in [3.05, 3.63) is 41.7 Å². The topological polar surface area (TPSA) is 161 Å². The summed E-state index contributed by atoms with van der Waals surface area (Å²) in [6, 6.07) is 6.82. The fourth-order valence-corrected chi connectivity index (χ4v) is 2.86. The van der Waals surface area contributed by atoms with E-state index < -0.39 is 55.7 Å². The largest absolute Gasteiger partial charge is 0.481 e. The minimum atomic E-state index is -1.65. The zero-order valence-electron chi connectivity index (χ0n) is 15.4. The third kappa shape index (κ3) is 5.26. The number of carboxylic acids is 1. The number of aromatic nitrogens is 2. The highest BCUT2D eigenvalue weighted by Crippen LogP contribution is 2.25. The van der Waals surface area contributed by atoms with Crippen LogP contribution in [0.25, 0.3) is 5.69 Å². The SMILES string of the molecule is O=C(O)CC(=O)OC[C@H]1O[C@@H](Oc2cnn(-c3ccc(Cl)cc3)c2)[C@H](O)[C@@H](O)[C@@H]1O. The van der Waals surface area contributed by atoms with Gasteiger partial charge in [-0.3, -0.25) is 9.59 Å². The van der Waals surface area contributed by atoms with Gasteiger partial charge in [-0.1, -0.05) is 11.6 Å². The first kappa shape index (κ1) is 22.0. The Kier molecular flexibility index (Phi) is 6.90. The third-order valence-electron chi connectivity index (χ3n) is 4.27. The quantitative estimate of drug-likeness (QED) is 0.332. The lowest BCUT2D eigenvalue weighted by atomic mass is 9.99. The fourth-order valence-electron chi connectivity index (χ4n) is 2.74. The molecule has 12 heteroatoms. The van der Waals surface area contributed by atoms with E-state index in [0.717, 1.165) is 0 Å². The van der Waals surface area contributed by atoms with Gasteiger partial charge in [0.1, 0.15) is 37.4 Å². The molecule has 0 radical (unpaired) electrons. The van der Waals surface area contributed by atoms with E-state index in [1.165, 1.54) is 17.1 Å². The van der Waals surface area contributed by atoms with Gasteiger partial charge >= 0.3 is 11.9 Å². The van der Waals surface area contributed by atoms with Crippen LogP contribution in [0, 0.1) is 0 Å². The number of ether oxygens (including phenoxy) is 3. The van der Waals surface area contributed by atoms with Gasteiger partial charge in [0.15, 0.2) is 5.75 Å². The lowest BCUT2D eigenvalue weighted by Gasteiger charge is -2.39. The number of carboxylic acid groups (broad SMARTS) is 1. The number of carbonyl (C=O) groups excluding carboxylic acids is 1. The van der Waals surface area contributed by atoms with E-state index in [9.17, 15) is 24.9 Å². The molecule has 0 aliphatic carbocycles. The average Bonchev–Trinajstić information content (AvgIpc) is 3.16. The Bertz CT molecular complexity index is 888. The third-order valence-corrected chi connectivity index (χ3v) is 4.53. The maximum atomic E-state index is 11.4. The molecule has 1 aliphatic rings. The summed E-state index contributed by atoms with van der Waals surface area (Å²) in [6.45, 7) is -0.541. The van der Waals surface area contributed by atoms with Crippen LogP contribution in [0.5, 0.6) is 5.75 Å². The van der Waals surface area contributed by atoms with E-state index in [-0.39, 0.29) is 5.75 Å². The van der Waals surface area contributed by atoms with Crippen LogP contribution in [0.3, 0.4) is 0 Å². The van der Waals surface area contributed by atoms with Crippen molar-refractivity contribution in [2.75, 3.05) is 6.61 Å². The molecule has 3 rings (SSSR count). The molecule has 4 N–H and O–H groups in total. The molecule has 2 aromatic rings. The predicted molar refractivity (Wildman–Crippen MR) is 99.1 cm³/mol. The van der Waals surface area contributed by atoms with Crippen molar-refractivity contribution in [1.29, 1.82) is 0 Å². The second-order valence-electron chi connectivity index (χ2n) is 6.48. The lowest BCUT2D eigenvalue weighted by Crippen LogP contribution is -2.60. The highest BCUT2D eigenvalue weighted by atomic mass is 35.5. The molecule has 0 unspecified atom stereocenters. The number of aliphatic hydroxyl groups excluding tert-OH is 3. The van der Waals surface area contributed by atoms with Crippen molar-refractivity contribution in [1.82, 2.24) is 9.78 Å². The van der Waals surface area contributed by atoms with Crippen LogP contribution in [0.1, 0.15) is 6.42 Å². The average molecular weight is 443 g/mol. The Morgan fingerprint density at radius 2 is 1.83 bits per heavy atom. The summed E-state index contributed by atoms with van der Waals surface area (Å²) in [6.07, 6.45) is -5.52. The number of aliphatic hydroxyl groups is 3. The molecule has 2 heterocycles. The normalized spacial score (nSPS) is 26.2. The van der Waals surface area contributed by atoms with Crippen LogP contribution < -0.4 is 4.74 Å². The van der Waals surface area contributed by atoms with Gasteiger partial charge in [0.25, 0.3) is 0 Å². The van der Waals surface area contributed by atoms with Gasteiger partial charge in [-0.25, -0.2) is 4.68 Å². The summed E-state index contributed by atoms with van der Waals surface area (Å²) in [7, 11) is 0. The van der Waals surface area contributed by atoms with E-state index >= 15 is 0 Å². The smallest absolute Gasteiger partial charge is 0.317 e. The van der Waals surface area contributed by atoms with Crippen molar-refractivity contribution < 1.29 is 44.2 Å². The van der Waals surface area contributed by atoms with Gasteiger partial charge < -0.3 is 34.6 Å². The summed E-state index contributed by atoms with van der Waals surface area (Å²) in [5.74, 6) is -2.22. The van der Waals surface area contributed by atoms with E-state index in [4.69, 9.17) is 30.9 Å². The van der Waals surface area contributed by atoms with Gasteiger partial charge in [-0.2, -0.15) is 5.10 Å². The van der Waals surface area contributed by atoms with Crippen molar-refractivity contribution in [3.8, 4) is 11.4 Å². The molecule has 1 fully saturated rings. The Labute approximate surface area is 175 Å². The molecule has 30 heavy (non-hydrogen) atoms. The first-order valence-electron chi connectivity index (χ1n) is 8.79. The standard InChI is InChI=1S/C18H19ClN2O9/c19-9-1-3-10(4-2-9)21-7-11(6-20-21)29-18-17(27)16(26)15(25)12(30-18)8-28-14(24)5-13(22)23/h1-4,6-7,12,15-18,25-27H,5,8H2,(H,22,23)/t12-,15-,16+,17-,18-/m1/s1. The van der Waals surface area contributed by atoms with Crippen LogP contribution >= 0.6 is 11.6 Å². The van der Waals surface area contributed by atoms with Gasteiger partial charge in [-0.05, 0) is 24.3 Å². The summed E-state index contributed by atoms with van der Waals surface area (Å²) < 4.78 is 17.2. The number of carbonyl (C=O) groups is 2. The second kappa shape index (κ2) is 9.41. The number of halogens is 1. The molecule has 162 valence electrons. The number of hydrogen-bond donors (Lipinski definition) is 4. The highest BCUT2D eigenvalue weighted by Gasteiger charge is 2.45. The number of aliphatic carboxylic acids is 1. The minimum Gasteiger partial charge on any atom is -0.481 e. The molecule has 0 bridgehead atoms. The van der Waals surface area contributed by atoms with Crippen LogP contribution in [0.4, 0.5) is 0 Å². The number of nitrogens with zero attached hydrogens (tertiary/aromatic N) is 2. The van der Waals surface area contributed by atoms with Crippen molar-refractivity contribution in [2.45, 2.75) is 37.1 Å². The van der Waals surface area contributed by atoms with Crippen molar-refractivity contribution >= 4 is 23.5 Å². The van der Waals surface area contributed by atoms with E-state index in [2.05, 4.69) is 5.10 Å². The molecule has 1 aromatic carbocycles. The summed E-state index contributed by atoms with van der Waals surface area (Å²) in [5.41, 5.74) is 0.693. The molecular formula is C18H19ClN2O9. The molecule has 0 saturated carbocycles. The monoisotopic (exact) mass is 442 g/mol. The van der Waals surface area contributed by atoms with Gasteiger partial charge in [0, 0.05) is 5.02 Å². The van der Waals surface area contributed by atoms with E-state index in [1.807, 2.05) is 0 Å². The van der Waals surface area contributed by atoms with Gasteiger partial charge in [-0.15, -0.1) is 0 Å². The Balaban J connectivity index is 1.65. The fraction of sp³-hybridized carbons (Fsp3) is 0.389. The molecule has 0 amide bonds. The number of rotatable bonds is 7. The maximum absolute atomic E-state index is 11.4. The molecule has 5 atom stereocenters. The molecule has 11 nitrogen and oxygen atoms in total. The first-order valence-corrected chi connectivity index (χ1v) is 9.16. The van der Waals surface area contributed by atoms with Crippen LogP contribution in [0.2, 0.25) is 5.02 Å². The second-order valence-corrected chi connectivity index (χ2v) is 6.92. The summed E-state index contributed by atoms with van der Waals surface area (Å²) in [5, 5.41) is 43.5. The lowest BCUT2D eigenvalue weighted by molar-refractivity contribution is -0.278. The van der Waals surface area contributed by atoms with Crippen molar-refractivity contribution in [2.24, 2.45) is 0 Å². The molecule has 1 aliphatic heterocycles. The molecule has 1 saturated heterocycles. The summed E-state index contributed by atoms with van der Waals surface area (Å²) >= 11 is 5.86. The zero-order valence-corrected chi connectivity index (χ0v) is 16.1. The first-order chi connectivity index (χ1) is 14.2. The van der Waals surface area contributed by atoms with Crippen LogP contribution in [-0.4, -0.2) is 79.5 Å². The van der Waals surface area contributed by atoms with Crippen LogP contribution in [0.15, 0.2) is 36.7 Å². The zero-order chi connectivity index (χ0) is 21.8. The van der Waals surface area contributed by atoms with Crippen LogP contribution in [-0.2, 0) is 19.1 Å². The predicted octanol–water partition coefficient (Wildman–Crippen LogP) is -0.270. The summed E-state index contributed by atoms with van der Waals surface area (Å²) in [4.78, 5) is 21.9. The number of hydrogen-bond acceptors (Lipinski definition) is 9. The van der Waals surface area contributed by atoms with Gasteiger partial charge in [0.2, 0.25) is 6.29 Å². The molecule has 1 aromatic heterocycles. The molecular weight excluding hydrogens is 424 g/mol. The van der Waals surface area contributed by atoms with E-state index in [0.29, 0.717) is 10.7 Å². The highest BCUT2D eigenvalue weighted by molar-refractivity contribution is 6.30. The Morgan fingerprint density at radius 1 is 1.13 bits per heavy atom. The number of esters is 1. The Morgan fingerprint density at radius 3 is 2.50 bits per heavy atom. The van der Waals surface area contributed by atoms with Crippen molar-refractivity contribution in [3.63, 3.8) is 0 Å². The maximum Gasteiger partial charge on any atom is 0.317 e. The Hall–Kier alpha value is -2.70. The van der Waals surface area contributed by atoms with E-state index in [1.54, 1.807) is 24.3 Å². The van der Waals surface area contributed by atoms with Gasteiger partial charge in [0.05, 0.1) is 18.1 Å².